The van der Waals surface area contributed by atoms with Crippen molar-refractivity contribution < 1.29 is 29.6 Å². The maximum absolute atomic E-state index is 11.0. The Balaban J connectivity index is 0.00000144. The molecular formula is C10H13N4NaO2. The summed E-state index contributed by atoms with van der Waals surface area (Å²) in [4.78, 5) is 12.2. The average Bonchev–Trinajstić information content (AvgIpc) is 2.39. The van der Waals surface area contributed by atoms with Crippen LogP contribution in [0.3, 0.4) is 0 Å². The quantitative estimate of drug-likeness (QED) is 0.357. The van der Waals surface area contributed by atoms with Crippen molar-refractivity contribution in [1.29, 1.82) is 0 Å². The van der Waals surface area contributed by atoms with Gasteiger partial charge in [0.25, 0.3) is 0 Å². The number of para-hydroxylation sites is 1. The summed E-state index contributed by atoms with van der Waals surface area (Å²) in [6, 6.07) is 9.99. The normalized spacial score (nSPS) is 16.2. The Morgan fingerprint density at radius 1 is 1.12 bits per heavy atom. The Hall–Kier alpha value is -0.660. The van der Waals surface area contributed by atoms with Crippen LogP contribution < -0.4 is 34.5 Å². The molecule has 7 heteroatoms. The van der Waals surface area contributed by atoms with Gasteiger partial charge in [0.1, 0.15) is 0 Å². The average molecular weight is 244 g/mol. The van der Waals surface area contributed by atoms with Crippen molar-refractivity contribution in [1.82, 2.24) is 10.3 Å². The molecule has 6 nitrogen and oxygen atoms in total. The van der Waals surface area contributed by atoms with Gasteiger partial charge in [-0.1, -0.05) is 18.2 Å². The number of hydrazine groups is 1. The first-order valence-electron chi connectivity index (χ1n) is 5.16. The predicted octanol–water partition coefficient (Wildman–Crippen LogP) is -1.79. The fourth-order valence-corrected chi connectivity index (χ4v) is 1.82. The zero-order valence-electron chi connectivity index (χ0n) is 9.82. The van der Waals surface area contributed by atoms with Gasteiger partial charge in [-0.15, -0.1) is 4.91 Å². The Bertz CT molecular complexity index is 343. The summed E-state index contributed by atoms with van der Waals surface area (Å²) < 4.78 is 0. The van der Waals surface area contributed by atoms with Crippen molar-refractivity contribution in [3.8, 4) is 0 Å². The molecule has 1 saturated heterocycles. The van der Waals surface area contributed by atoms with E-state index >= 15 is 0 Å². The monoisotopic (exact) mass is 244 g/mol. The summed E-state index contributed by atoms with van der Waals surface area (Å²) in [5, 5.41) is 14.8. The number of nitroso groups, excluding NO2 is 1. The Morgan fingerprint density at radius 2 is 1.71 bits per heavy atom. The maximum atomic E-state index is 11.0. The van der Waals surface area contributed by atoms with Crippen molar-refractivity contribution in [3.05, 3.63) is 40.4 Å². The number of benzene rings is 1. The molecule has 0 N–H and O–H groups in total. The molecule has 1 heterocycles. The molecule has 1 aliphatic heterocycles. The van der Waals surface area contributed by atoms with Gasteiger partial charge in [-0.05, 0) is 12.1 Å². The van der Waals surface area contributed by atoms with Gasteiger partial charge < -0.3 is 10.1 Å². The summed E-state index contributed by atoms with van der Waals surface area (Å²) in [5.74, 6) is 0. The summed E-state index contributed by atoms with van der Waals surface area (Å²) in [7, 11) is 0. The Morgan fingerprint density at radius 3 is 2.24 bits per heavy atom. The second-order valence-electron chi connectivity index (χ2n) is 3.61. The third-order valence-electron chi connectivity index (χ3n) is 2.69. The summed E-state index contributed by atoms with van der Waals surface area (Å²) in [5.41, 5.74) is 1.14. The van der Waals surface area contributed by atoms with E-state index in [0.717, 1.165) is 18.8 Å². The fourth-order valence-electron chi connectivity index (χ4n) is 1.82. The van der Waals surface area contributed by atoms with Crippen LogP contribution in [0.5, 0.6) is 0 Å². The molecule has 86 valence electrons. The second-order valence-corrected chi connectivity index (χ2v) is 3.61. The van der Waals surface area contributed by atoms with Crippen LogP contribution in [0.2, 0.25) is 0 Å². The van der Waals surface area contributed by atoms with E-state index in [0.29, 0.717) is 13.1 Å². The summed E-state index contributed by atoms with van der Waals surface area (Å²) in [6.45, 7) is 2.48. The van der Waals surface area contributed by atoms with Crippen molar-refractivity contribution in [2.45, 2.75) is 0 Å². The molecule has 0 amide bonds. The minimum absolute atomic E-state index is 0. The molecule has 1 fully saturated rings. The molecule has 1 aromatic rings. The van der Waals surface area contributed by atoms with Crippen LogP contribution in [0, 0.1) is 10.1 Å². The first-order chi connectivity index (χ1) is 7.81. The number of hydrogen-bond donors (Lipinski definition) is 0. The van der Waals surface area contributed by atoms with Crippen LogP contribution in [0.1, 0.15) is 0 Å². The largest absolute Gasteiger partial charge is 1.00 e. The molecule has 0 radical (unpaired) electrons. The van der Waals surface area contributed by atoms with E-state index in [1.165, 1.54) is 5.01 Å². The molecule has 0 aliphatic carbocycles. The van der Waals surface area contributed by atoms with Crippen LogP contribution in [0.15, 0.2) is 35.6 Å². The molecule has 17 heavy (non-hydrogen) atoms. The second kappa shape index (κ2) is 6.93. The van der Waals surface area contributed by atoms with Gasteiger partial charge in [0.15, 0.2) is 0 Å². The molecule has 0 aromatic heterocycles. The number of nitrogens with zero attached hydrogens (tertiary/aromatic N) is 4. The standard InChI is InChI=1S/C10H13N4O2.Na/c15-11-14(16)13-8-6-12(7-9-13)10-4-2-1-3-5-10;/h1-5H,6-9H2;/q-1;+1. The van der Waals surface area contributed by atoms with Crippen LogP contribution in [0.25, 0.3) is 0 Å². The summed E-state index contributed by atoms with van der Waals surface area (Å²) >= 11 is 0. The van der Waals surface area contributed by atoms with E-state index in [-0.39, 0.29) is 34.8 Å². The fraction of sp³-hybridized carbons (Fsp3) is 0.400. The van der Waals surface area contributed by atoms with Crippen molar-refractivity contribution in [2.24, 2.45) is 5.29 Å². The molecular weight excluding hydrogens is 231 g/mol. The van der Waals surface area contributed by atoms with Gasteiger partial charge >= 0.3 is 29.6 Å². The van der Waals surface area contributed by atoms with Crippen LogP contribution in [-0.2, 0) is 0 Å². The molecule has 0 bridgehead atoms. The number of piperazine rings is 1. The molecule has 1 aromatic carbocycles. The van der Waals surface area contributed by atoms with Gasteiger partial charge in [-0.2, -0.15) is 0 Å². The van der Waals surface area contributed by atoms with Crippen LogP contribution >= 0.6 is 0 Å². The van der Waals surface area contributed by atoms with E-state index < -0.39 is 0 Å². The van der Waals surface area contributed by atoms with E-state index in [4.69, 9.17) is 0 Å². The zero-order valence-corrected chi connectivity index (χ0v) is 11.8. The van der Waals surface area contributed by atoms with Gasteiger partial charge in [0.2, 0.25) is 0 Å². The van der Waals surface area contributed by atoms with E-state index in [1.54, 1.807) is 0 Å². The third-order valence-corrected chi connectivity index (χ3v) is 2.69. The molecule has 0 atom stereocenters. The van der Waals surface area contributed by atoms with Gasteiger partial charge in [0, 0.05) is 31.9 Å². The molecule has 0 saturated carbocycles. The molecule has 2 rings (SSSR count). The number of hydrogen-bond acceptors (Lipinski definition) is 5. The van der Waals surface area contributed by atoms with Gasteiger partial charge in [-0.3, -0.25) is 5.28 Å². The molecule has 0 spiro atoms. The smallest absolute Gasteiger partial charge is 0.724 e. The first-order valence-corrected chi connectivity index (χ1v) is 5.16. The van der Waals surface area contributed by atoms with E-state index in [1.807, 2.05) is 30.3 Å². The minimum Gasteiger partial charge on any atom is -0.724 e. The molecule has 1 aliphatic rings. The minimum atomic E-state index is 0. The van der Waals surface area contributed by atoms with Crippen molar-refractivity contribution in [3.63, 3.8) is 0 Å². The predicted molar refractivity (Wildman–Crippen MR) is 61.2 cm³/mol. The SMILES string of the molecule is O=NN([O-])N1CCN(c2ccccc2)CC1.[Na+]. The topological polar surface area (TPSA) is 62.2 Å². The Labute approximate surface area is 122 Å². The van der Waals surface area contributed by atoms with Gasteiger partial charge in [-0.25, -0.2) is 5.01 Å². The van der Waals surface area contributed by atoms with Crippen molar-refractivity contribution in [2.75, 3.05) is 31.1 Å². The molecule has 0 unspecified atom stereocenters. The Kier molecular flexibility index (Phi) is 5.87. The van der Waals surface area contributed by atoms with Gasteiger partial charge in [0.05, 0.1) is 5.29 Å². The number of rotatable bonds is 3. The maximum Gasteiger partial charge on any atom is 1.00 e. The number of anilines is 1. The zero-order chi connectivity index (χ0) is 11.4. The third kappa shape index (κ3) is 3.65. The van der Waals surface area contributed by atoms with Crippen molar-refractivity contribution >= 4 is 5.69 Å². The van der Waals surface area contributed by atoms with Crippen LogP contribution in [0.4, 0.5) is 5.69 Å². The summed E-state index contributed by atoms with van der Waals surface area (Å²) in [6.07, 6.45) is 0. The first kappa shape index (κ1) is 14.4. The van der Waals surface area contributed by atoms with E-state index in [9.17, 15) is 10.1 Å². The van der Waals surface area contributed by atoms with E-state index in [2.05, 4.69) is 10.2 Å². The van der Waals surface area contributed by atoms with Crippen LogP contribution in [-0.4, -0.2) is 36.5 Å².